The molecule has 0 unspecified atom stereocenters. The molecule has 6 nitrogen and oxygen atoms in total. The van der Waals surface area contributed by atoms with Crippen LogP contribution in [-0.4, -0.2) is 41.5 Å². The topological polar surface area (TPSA) is 62.1 Å². The maximum Gasteiger partial charge on any atom is 0.179 e. The van der Waals surface area contributed by atoms with E-state index in [0.29, 0.717) is 25.8 Å². The number of aromatic nitrogens is 4. The predicted molar refractivity (Wildman–Crippen MR) is 67.3 cm³/mol. The molecular formula is C10H22N4O2Si. The minimum atomic E-state index is -1.02. The molecule has 17 heavy (non-hydrogen) atoms. The van der Waals surface area contributed by atoms with Crippen LogP contribution in [-0.2, 0) is 22.8 Å². The van der Waals surface area contributed by atoms with Crippen LogP contribution in [0.2, 0.25) is 25.7 Å². The van der Waals surface area contributed by atoms with Crippen LogP contribution in [0.1, 0.15) is 12.7 Å². The van der Waals surface area contributed by atoms with Crippen molar-refractivity contribution < 1.29 is 9.47 Å². The lowest BCUT2D eigenvalue weighted by Gasteiger charge is -2.15. The molecule has 0 spiro atoms. The van der Waals surface area contributed by atoms with Gasteiger partial charge in [0, 0.05) is 21.3 Å². The summed E-state index contributed by atoms with van der Waals surface area (Å²) in [6.07, 6.45) is 0. The maximum absolute atomic E-state index is 5.57. The summed E-state index contributed by atoms with van der Waals surface area (Å²) in [5.41, 5.74) is 0. The molecule has 0 amide bonds. The highest BCUT2D eigenvalue weighted by molar-refractivity contribution is 6.76. The fourth-order valence-electron chi connectivity index (χ4n) is 1.15. The Bertz CT molecular complexity index is 324. The first-order chi connectivity index (χ1) is 8.03. The van der Waals surface area contributed by atoms with Crippen LogP contribution < -0.4 is 0 Å². The van der Waals surface area contributed by atoms with Gasteiger partial charge in [-0.05, 0) is 23.4 Å². The van der Waals surface area contributed by atoms with Gasteiger partial charge >= 0.3 is 0 Å². The molecule has 0 aliphatic rings. The van der Waals surface area contributed by atoms with E-state index in [4.69, 9.17) is 9.47 Å². The zero-order chi connectivity index (χ0) is 12.7. The summed E-state index contributed by atoms with van der Waals surface area (Å²) in [5.74, 6) is 0.708. The Balaban J connectivity index is 2.29. The van der Waals surface area contributed by atoms with Crippen LogP contribution in [0.25, 0.3) is 0 Å². The van der Waals surface area contributed by atoms with Gasteiger partial charge in [0.2, 0.25) is 0 Å². The summed E-state index contributed by atoms with van der Waals surface area (Å²) in [4.78, 5) is 0. The highest BCUT2D eigenvalue weighted by Gasteiger charge is 2.12. The molecule has 0 N–H and O–H groups in total. The van der Waals surface area contributed by atoms with Crippen LogP contribution in [0, 0.1) is 0 Å². The van der Waals surface area contributed by atoms with Crippen molar-refractivity contribution in [3.8, 4) is 0 Å². The highest BCUT2D eigenvalue weighted by atomic mass is 28.3. The largest absolute Gasteiger partial charge is 0.374 e. The molecule has 1 aromatic heterocycles. The van der Waals surface area contributed by atoms with Crippen molar-refractivity contribution >= 4 is 8.07 Å². The summed E-state index contributed by atoms with van der Waals surface area (Å²) in [6.45, 7) is 11.2. The summed E-state index contributed by atoms with van der Waals surface area (Å²) >= 11 is 0. The Morgan fingerprint density at radius 2 is 2.00 bits per heavy atom. The lowest BCUT2D eigenvalue weighted by atomic mass is 10.6. The number of ether oxygens (including phenoxy) is 2. The molecule has 1 aromatic rings. The average molecular weight is 258 g/mol. The Morgan fingerprint density at radius 1 is 1.24 bits per heavy atom. The number of nitrogens with zero attached hydrogens (tertiary/aromatic N) is 4. The van der Waals surface area contributed by atoms with Crippen molar-refractivity contribution in [1.29, 1.82) is 0 Å². The molecule has 1 heterocycles. The SMILES string of the molecule is CCOCc1nnnn1COCC[Si](C)(C)C. The molecule has 0 aliphatic carbocycles. The van der Waals surface area contributed by atoms with Crippen molar-refractivity contribution in [2.75, 3.05) is 13.2 Å². The first-order valence-electron chi connectivity index (χ1n) is 5.93. The Hall–Kier alpha value is -0.793. The summed E-state index contributed by atoms with van der Waals surface area (Å²) in [5, 5.41) is 11.4. The molecule has 0 aliphatic heterocycles. The lowest BCUT2D eigenvalue weighted by molar-refractivity contribution is 0.0646. The third-order valence-electron chi connectivity index (χ3n) is 2.25. The molecule has 0 atom stereocenters. The van der Waals surface area contributed by atoms with E-state index in [1.165, 1.54) is 0 Å². The highest BCUT2D eigenvalue weighted by Crippen LogP contribution is 2.07. The number of tetrazole rings is 1. The molecule has 1 rings (SSSR count). The molecule has 0 saturated carbocycles. The first kappa shape index (κ1) is 14.3. The van der Waals surface area contributed by atoms with Crippen molar-refractivity contribution in [1.82, 2.24) is 20.2 Å². The summed E-state index contributed by atoms with van der Waals surface area (Å²) in [6, 6.07) is 1.15. The van der Waals surface area contributed by atoms with Gasteiger partial charge in [-0.15, -0.1) is 5.10 Å². The second kappa shape index (κ2) is 6.82. The molecular weight excluding hydrogens is 236 g/mol. The van der Waals surface area contributed by atoms with Crippen molar-refractivity contribution in [2.24, 2.45) is 0 Å². The standard InChI is InChI=1S/C10H22N4O2Si/c1-5-15-8-10-11-12-13-14(10)9-16-6-7-17(2,3)4/h5-9H2,1-4H3. The van der Waals surface area contributed by atoms with Crippen LogP contribution in [0.5, 0.6) is 0 Å². The number of hydrogen-bond acceptors (Lipinski definition) is 5. The van der Waals surface area contributed by atoms with Gasteiger partial charge in [-0.25, -0.2) is 4.68 Å². The number of rotatable bonds is 8. The van der Waals surface area contributed by atoms with E-state index in [-0.39, 0.29) is 0 Å². The summed E-state index contributed by atoms with van der Waals surface area (Å²) in [7, 11) is -1.02. The van der Waals surface area contributed by atoms with E-state index in [1.54, 1.807) is 4.68 Å². The predicted octanol–water partition coefficient (Wildman–Crippen LogP) is 1.52. The molecule has 0 fully saturated rings. The average Bonchev–Trinajstić information content (AvgIpc) is 2.67. The van der Waals surface area contributed by atoms with Gasteiger partial charge in [0.05, 0.1) is 0 Å². The normalized spacial score (nSPS) is 12.0. The summed E-state index contributed by atoms with van der Waals surface area (Å²) < 4.78 is 12.5. The third kappa shape index (κ3) is 5.90. The quantitative estimate of drug-likeness (QED) is 0.522. The Morgan fingerprint density at radius 3 is 2.65 bits per heavy atom. The van der Waals surface area contributed by atoms with E-state index < -0.39 is 8.07 Å². The van der Waals surface area contributed by atoms with E-state index in [2.05, 4.69) is 35.2 Å². The molecule has 0 bridgehead atoms. The zero-order valence-corrected chi connectivity index (χ0v) is 12.1. The second-order valence-corrected chi connectivity index (χ2v) is 10.7. The van der Waals surface area contributed by atoms with Gasteiger partial charge in [0.15, 0.2) is 5.82 Å². The van der Waals surface area contributed by atoms with Gasteiger partial charge < -0.3 is 9.47 Å². The molecule has 98 valence electrons. The fourth-order valence-corrected chi connectivity index (χ4v) is 1.91. The first-order valence-corrected chi connectivity index (χ1v) is 9.64. The number of hydrogen-bond donors (Lipinski definition) is 0. The van der Waals surface area contributed by atoms with Crippen LogP contribution in [0.15, 0.2) is 0 Å². The molecule has 0 radical (unpaired) electrons. The van der Waals surface area contributed by atoms with Gasteiger partial charge in [-0.1, -0.05) is 19.6 Å². The Kier molecular flexibility index (Phi) is 5.73. The van der Waals surface area contributed by atoms with Crippen LogP contribution >= 0.6 is 0 Å². The molecule has 0 saturated heterocycles. The lowest BCUT2D eigenvalue weighted by Crippen LogP contribution is -2.22. The van der Waals surface area contributed by atoms with Gasteiger partial charge in [-0.3, -0.25) is 0 Å². The van der Waals surface area contributed by atoms with E-state index in [0.717, 1.165) is 12.7 Å². The van der Waals surface area contributed by atoms with E-state index in [9.17, 15) is 0 Å². The van der Waals surface area contributed by atoms with Gasteiger partial charge in [0.1, 0.15) is 13.3 Å². The third-order valence-corrected chi connectivity index (χ3v) is 3.96. The monoisotopic (exact) mass is 258 g/mol. The molecule has 7 heteroatoms. The Labute approximate surface area is 103 Å². The zero-order valence-electron chi connectivity index (χ0n) is 11.1. The maximum atomic E-state index is 5.57. The minimum Gasteiger partial charge on any atom is -0.374 e. The van der Waals surface area contributed by atoms with Crippen molar-refractivity contribution in [3.63, 3.8) is 0 Å². The van der Waals surface area contributed by atoms with Crippen LogP contribution in [0.4, 0.5) is 0 Å². The van der Waals surface area contributed by atoms with E-state index in [1.807, 2.05) is 6.92 Å². The second-order valence-electron chi connectivity index (χ2n) is 5.08. The smallest absolute Gasteiger partial charge is 0.179 e. The van der Waals surface area contributed by atoms with Crippen LogP contribution in [0.3, 0.4) is 0 Å². The van der Waals surface area contributed by atoms with E-state index >= 15 is 0 Å². The van der Waals surface area contributed by atoms with Crippen molar-refractivity contribution in [3.05, 3.63) is 5.82 Å². The fraction of sp³-hybridized carbons (Fsp3) is 0.900. The van der Waals surface area contributed by atoms with Gasteiger partial charge in [0.25, 0.3) is 0 Å². The molecule has 0 aromatic carbocycles. The van der Waals surface area contributed by atoms with Gasteiger partial charge in [-0.2, -0.15) is 0 Å². The van der Waals surface area contributed by atoms with Crippen molar-refractivity contribution in [2.45, 2.75) is 45.9 Å². The minimum absolute atomic E-state index is 0.403.